The van der Waals surface area contributed by atoms with E-state index in [0.29, 0.717) is 18.8 Å². The standard InChI is InChI=1S/C16H17N5OS2/c1-20-5-6-21(8-13(20)14-17-3-4-18-14)16(22)12-10-24-15(19-12)11-2-7-23-9-11/h2-4,7,9-10,13H,5-6,8H2,1H3,(H,17,18). The molecule has 3 aromatic rings. The molecule has 1 amide bonds. The molecule has 1 atom stereocenters. The molecule has 0 bridgehead atoms. The van der Waals surface area contributed by atoms with Crippen LogP contribution < -0.4 is 0 Å². The van der Waals surface area contributed by atoms with Crippen molar-refractivity contribution in [2.45, 2.75) is 6.04 Å². The number of aromatic amines is 1. The average molecular weight is 359 g/mol. The van der Waals surface area contributed by atoms with E-state index in [2.05, 4.69) is 32.3 Å². The second-order valence-electron chi connectivity index (χ2n) is 5.77. The molecule has 1 aliphatic heterocycles. The maximum absolute atomic E-state index is 12.8. The fraction of sp³-hybridized carbons (Fsp3) is 0.312. The van der Waals surface area contributed by atoms with Gasteiger partial charge in [-0.3, -0.25) is 9.69 Å². The number of thiazole rings is 1. The average Bonchev–Trinajstić information content (AvgIpc) is 3.35. The minimum Gasteiger partial charge on any atom is -0.347 e. The molecular weight excluding hydrogens is 342 g/mol. The van der Waals surface area contributed by atoms with Gasteiger partial charge in [0.05, 0.1) is 6.04 Å². The Labute approximate surface area is 147 Å². The molecule has 1 N–H and O–H groups in total. The van der Waals surface area contributed by atoms with Crippen LogP contribution in [0.2, 0.25) is 0 Å². The Kier molecular flexibility index (Phi) is 4.17. The number of likely N-dealkylation sites (N-methyl/N-ethyl adjacent to an activating group) is 1. The highest BCUT2D eigenvalue weighted by molar-refractivity contribution is 7.14. The summed E-state index contributed by atoms with van der Waals surface area (Å²) in [4.78, 5) is 29.0. The summed E-state index contributed by atoms with van der Waals surface area (Å²) >= 11 is 3.15. The first-order chi connectivity index (χ1) is 11.7. The van der Waals surface area contributed by atoms with Gasteiger partial charge in [0.25, 0.3) is 5.91 Å². The molecule has 0 aliphatic carbocycles. The van der Waals surface area contributed by atoms with Crippen molar-refractivity contribution in [2.24, 2.45) is 0 Å². The summed E-state index contributed by atoms with van der Waals surface area (Å²) in [5.41, 5.74) is 1.61. The van der Waals surface area contributed by atoms with Gasteiger partial charge < -0.3 is 9.88 Å². The fourth-order valence-electron chi connectivity index (χ4n) is 2.87. The second-order valence-corrected chi connectivity index (χ2v) is 7.41. The molecule has 1 fully saturated rings. The van der Waals surface area contributed by atoms with E-state index in [1.165, 1.54) is 11.3 Å². The number of aromatic nitrogens is 3. The molecule has 0 saturated carbocycles. The summed E-state index contributed by atoms with van der Waals surface area (Å²) in [6.07, 6.45) is 3.56. The fourth-order valence-corrected chi connectivity index (χ4v) is 4.37. The minimum absolute atomic E-state index is 0.00242. The minimum atomic E-state index is -0.00242. The number of hydrogen-bond donors (Lipinski definition) is 1. The molecule has 1 unspecified atom stereocenters. The topological polar surface area (TPSA) is 65.1 Å². The SMILES string of the molecule is CN1CCN(C(=O)c2csc(-c3ccsc3)n2)CC1c1ncc[nH]1. The summed E-state index contributed by atoms with van der Waals surface area (Å²) in [7, 11) is 2.06. The van der Waals surface area contributed by atoms with Gasteiger partial charge in [0, 0.05) is 48.4 Å². The Hall–Kier alpha value is -2.03. The number of thiophene rings is 1. The first-order valence-corrected chi connectivity index (χ1v) is 9.51. The van der Waals surface area contributed by atoms with Gasteiger partial charge >= 0.3 is 0 Å². The van der Waals surface area contributed by atoms with Crippen molar-refractivity contribution in [2.75, 3.05) is 26.7 Å². The summed E-state index contributed by atoms with van der Waals surface area (Å²) < 4.78 is 0. The lowest BCUT2D eigenvalue weighted by Crippen LogP contribution is -2.49. The summed E-state index contributed by atoms with van der Waals surface area (Å²) in [5, 5.41) is 6.83. The zero-order valence-corrected chi connectivity index (χ0v) is 14.8. The smallest absolute Gasteiger partial charge is 0.273 e. The maximum atomic E-state index is 12.8. The lowest BCUT2D eigenvalue weighted by molar-refractivity contribution is 0.0530. The highest BCUT2D eigenvalue weighted by atomic mass is 32.1. The largest absolute Gasteiger partial charge is 0.347 e. The van der Waals surface area contributed by atoms with Gasteiger partial charge in [-0.1, -0.05) is 0 Å². The Morgan fingerprint density at radius 2 is 2.29 bits per heavy atom. The van der Waals surface area contributed by atoms with E-state index < -0.39 is 0 Å². The Morgan fingerprint density at radius 1 is 1.38 bits per heavy atom. The molecule has 6 nitrogen and oxygen atoms in total. The molecule has 0 radical (unpaired) electrons. The van der Waals surface area contributed by atoms with Crippen LogP contribution in [0.4, 0.5) is 0 Å². The predicted octanol–water partition coefficient (Wildman–Crippen LogP) is 2.72. The second kappa shape index (κ2) is 6.46. The van der Waals surface area contributed by atoms with Crippen LogP contribution >= 0.6 is 22.7 Å². The molecule has 3 aromatic heterocycles. The maximum Gasteiger partial charge on any atom is 0.273 e. The van der Waals surface area contributed by atoms with Gasteiger partial charge in [-0.05, 0) is 18.5 Å². The summed E-state index contributed by atoms with van der Waals surface area (Å²) in [5.74, 6) is 0.893. The zero-order chi connectivity index (χ0) is 16.5. The van der Waals surface area contributed by atoms with Crippen molar-refractivity contribution in [3.63, 3.8) is 0 Å². The van der Waals surface area contributed by atoms with Gasteiger partial charge in [0.15, 0.2) is 0 Å². The molecule has 24 heavy (non-hydrogen) atoms. The van der Waals surface area contributed by atoms with Gasteiger partial charge in [-0.25, -0.2) is 9.97 Å². The molecule has 124 valence electrons. The number of imidazole rings is 1. The van der Waals surface area contributed by atoms with Crippen LogP contribution in [0.25, 0.3) is 10.6 Å². The number of hydrogen-bond acceptors (Lipinski definition) is 6. The van der Waals surface area contributed by atoms with Gasteiger partial charge in [-0.15, -0.1) is 11.3 Å². The number of nitrogens with one attached hydrogen (secondary N) is 1. The van der Waals surface area contributed by atoms with Gasteiger partial charge in [0.2, 0.25) is 0 Å². The zero-order valence-electron chi connectivity index (χ0n) is 13.2. The third kappa shape index (κ3) is 2.88. The highest BCUT2D eigenvalue weighted by Gasteiger charge is 2.31. The highest BCUT2D eigenvalue weighted by Crippen LogP contribution is 2.27. The van der Waals surface area contributed by atoms with E-state index in [0.717, 1.165) is 22.9 Å². The number of carbonyl (C=O) groups excluding carboxylic acids is 1. The van der Waals surface area contributed by atoms with Crippen molar-refractivity contribution in [3.05, 3.63) is 46.1 Å². The number of amides is 1. The Bertz CT molecular complexity index is 812. The van der Waals surface area contributed by atoms with Crippen LogP contribution in [0.15, 0.2) is 34.6 Å². The van der Waals surface area contributed by atoms with E-state index in [-0.39, 0.29) is 11.9 Å². The van der Waals surface area contributed by atoms with Crippen LogP contribution in [-0.2, 0) is 0 Å². The monoisotopic (exact) mass is 359 g/mol. The third-order valence-electron chi connectivity index (χ3n) is 4.26. The molecule has 4 heterocycles. The van der Waals surface area contributed by atoms with Crippen LogP contribution in [0, 0.1) is 0 Å². The third-order valence-corrected chi connectivity index (χ3v) is 5.84. The molecule has 0 aromatic carbocycles. The van der Waals surface area contributed by atoms with E-state index in [1.54, 1.807) is 17.5 Å². The van der Waals surface area contributed by atoms with Crippen molar-refractivity contribution in [1.82, 2.24) is 24.8 Å². The summed E-state index contributed by atoms with van der Waals surface area (Å²) in [6, 6.07) is 2.12. The van der Waals surface area contributed by atoms with Crippen molar-refractivity contribution < 1.29 is 4.79 Å². The van der Waals surface area contributed by atoms with Crippen molar-refractivity contribution in [1.29, 1.82) is 0 Å². The quantitative estimate of drug-likeness (QED) is 0.781. The molecular formula is C16H17N5OS2. The van der Waals surface area contributed by atoms with Crippen LogP contribution in [0.5, 0.6) is 0 Å². The number of H-pyrrole nitrogens is 1. The van der Waals surface area contributed by atoms with Crippen LogP contribution in [-0.4, -0.2) is 57.3 Å². The molecule has 8 heteroatoms. The van der Waals surface area contributed by atoms with Gasteiger partial charge in [-0.2, -0.15) is 11.3 Å². The molecule has 0 spiro atoms. The number of nitrogens with zero attached hydrogens (tertiary/aromatic N) is 4. The van der Waals surface area contributed by atoms with Gasteiger partial charge in [0.1, 0.15) is 16.5 Å². The molecule has 1 aliphatic rings. The lowest BCUT2D eigenvalue weighted by Gasteiger charge is -2.38. The van der Waals surface area contributed by atoms with E-state index >= 15 is 0 Å². The van der Waals surface area contributed by atoms with E-state index in [1.807, 2.05) is 27.9 Å². The summed E-state index contributed by atoms with van der Waals surface area (Å²) in [6.45, 7) is 2.14. The Morgan fingerprint density at radius 3 is 3.04 bits per heavy atom. The van der Waals surface area contributed by atoms with Crippen LogP contribution in [0.3, 0.4) is 0 Å². The molecule has 1 saturated heterocycles. The number of piperazine rings is 1. The van der Waals surface area contributed by atoms with E-state index in [9.17, 15) is 4.79 Å². The van der Waals surface area contributed by atoms with Crippen molar-refractivity contribution in [3.8, 4) is 10.6 Å². The van der Waals surface area contributed by atoms with E-state index in [4.69, 9.17) is 0 Å². The number of rotatable bonds is 3. The Balaban J connectivity index is 1.52. The normalized spacial score (nSPS) is 18.9. The first-order valence-electron chi connectivity index (χ1n) is 7.69. The molecule has 4 rings (SSSR count). The lowest BCUT2D eigenvalue weighted by atomic mass is 10.1. The van der Waals surface area contributed by atoms with Crippen LogP contribution in [0.1, 0.15) is 22.4 Å². The van der Waals surface area contributed by atoms with Crippen molar-refractivity contribution >= 4 is 28.6 Å². The first kappa shape index (κ1) is 15.5. The predicted molar refractivity (Wildman–Crippen MR) is 95.3 cm³/mol. The number of carbonyl (C=O) groups is 1.